The number of aromatic amines is 1. The van der Waals surface area contributed by atoms with Crippen molar-refractivity contribution < 1.29 is 4.79 Å². The van der Waals surface area contributed by atoms with Crippen LogP contribution in [0.1, 0.15) is 13.8 Å². The molecule has 1 aromatic carbocycles. The van der Waals surface area contributed by atoms with E-state index in [0.717, 1.165) is 5.56 Å². The Hall–Kier alpha value is -2.28. The summed E-state index contributed by atoms with van der Waals surface area (Å²) in [6.45, 7) is 3.88. The molecule has 4 N–H and O–H groups in total. The third-order valence-corrected chi connectivity index (χ3v) is 2.85. The molecule has 7 nitrogen and oxygen atoms in total. The Morgan fingerprint density at radius 3 is 2.89 bits per heavy atom. The van der Waals surface area contributed by atoms with E-state index in [0.29, 0.717) is 11.5 Å². The number of aromatic nitrogens is 4. The standard InChI is InChI=1S/C12H16N6O/c1-12(2,7-13)11(19)14-9-5-3-4-8(6-9)10-15-17-18-16-10/h3-6H,7,13H2,1-2H3,(H,14,19)(H,15,16,17,18). The quantitative estimate of drug-likeness (QED) is 0.752. The van der Waals surface area contributed by atoms with Gasteiger partial charge in [0.25, 0.3) is 0 Å². The lowest BCUT2D eigenvalue weighted by Crippen LogP contribution is -2.37. The zero-order valence-corrected chi connectivity index (χ0v) is 10.8. The third-order valence-electron chi connectivity index (χ3n) is 2.85. The van der Waals surface area contributed by atoms with E-state index >= 15 is 0 Å². The molecule has 0 unspecified atom stereocenters. The van der Waals surface area contributed by atoms with Crippen molar-refractivity contribution in [2.24, 2.45) is 11.1 Å². The van der Waals surface area contributed by atoms with Crippen LogP contribution in [0.4, 0.5) is 5.69 Å². The number of nitrogens with two attached hydrogens (primary N) is 1. The molecule has 0 atom stereocenters. The number of rotatable bonds is 4. The van der Waals surface area contributed by atoms with E-state index in [9.17, 15) is 4.79 Å². The van der Waals surface area contributed by atoms with Crippen LogP contribution in [-0.4, -0.2) is 33.1 Å². The fourth-order valence-electron chi connectivity index (χ4n) is 1.41. The van der Waals surface area contributed by atoms with Crippen LogP contribution in [0.3, 0.4) is 0 Å². The van der Waals surface area contributed by atoms with Crippen molar-refractivity contribution in [3.8, 4) is 11.4 Å². The summed E-state index contributed by atoms with van der Waals surface area (Å²) in [5, 5.41) is 16.5. The van der Waals surface area contributed by atoms with Gasteiger partial charge < -0.3 is 11.1 Å². The smallest absolute Gasteiger partial charge is 0.231 e. The van der Waals surface area contributed by atoms with Gasteiger partial charge in [-0.2, -0.15) is 5.21 Å². The van der Waals surface area contributed by atoms with Crippen molar-refractivity contribution in [2.45, 2.75) is 13.8 Å². The molecule has 0 bridgehead atoms. The van der Waals surface area contributed by atoms with Gasteiger partial charge in [0, 0.05) is 17.8 Å². The number of carbonyl (C=O) groups is 1. The van der Waals surface area contributed by atoms with Crippen molar-refractivity contribution >= 4 is 11.6 Å². The first-order valence-electron chi connectivity index (χ1n) is 5.88. The number of H-pyrrole nitrogens is 1. The molecule has 0 aliphatic heterocycles. The monoisotopic (exact) mass is 260 g/mol. The normalized spacial score (nSPS) is 11.3. The van der Waals surface area contributed by atoms with Gasteiger partial charge in [-0.3, -0.25) is 4.79 Å². The van der Waals surface area contributed by atoms with Crippen LogP contribution in [0.2, 0.25) is 0 Å². The number of hydrogen-bond donors (Lipinski definition) is 3. The van der Waals surface area contributed by atoms with Crippen molar-refractivity contribution in [2.75, 3.05) is 11.9 Å². The van der Waals surface area contributed by atoms with Crippen LogP contribution in [0.15, 0.2) is 24.3 Å². The average Bonchev–Trinajstić information content (AvgIpc) is 2.93. The SMILES string of the molecule is CC(C)(CN)C(=O)Nc1cccc(-c2nn[nH]n2)c1. The molecule has 100 valence electrons. The van der Waals surface area contributed by atoms with Crippen molar-refractivity contribution in [3.05, 3.63) is 24.3 Å². The Balaban J connectivity index is 2.19. The number of carbonyl (C=O) groups excluding carboxylic acids is 1. The molecule has 0 aliphatic rings. The zero-order chi connectivity index (χ0) is 13.9. The number of tetrazole rings is 1. The highest BCUT2D eigenvalue weighted by Crippen LogP contribution is 2.21. The summed E-state index contributed by atoms with van der Waals surface area (Å²) in [4.78, 5) is 12.0. The molecular formula is C12H16N6O. The second-order valence-electron chi connectivity index (χ2n) is 4.86. The van der Waals surface area contributed by atoms with Gasteiger partial charge in [0.05, 0.1) is 5.41 Å². The van der Waals surface area contributed by atoms with E-state index < -0.39 is 5.41 Å². The largest absolute Gasteiger partial charge is 0.329 e. The van der Waals surface area contributed by atoms with Crippen LogP contribution >= 0.6 is 0 Å². The first kappa shape index (κ1) is 13.2. The van der Waals surface area contributed by atoms with Gasteiger partial charge in [-0.15, -0.1) is 10.2 Å². The van der Waals surface area contributed by atoms with E-state index in [1.165, 1.54) is 0 Å². The number of nitrogens with one attached hydrogen (secondary N) is 2. The van der Waals surface area contributed by atoms with E-state index in [4.69, 9.17) is 5.73 Å². The van der Waals surface area contributed by atoms with Crippen molar-refractivity contribution in [1.29, 1.82) is 0 Å². The fraction of sp³-hybridized carbons (Fsp3) is 0.333. The van der Waals surface area contributed by atoms with Gasteiger partial charge in [0.15, 0.2) is 0 Å². The Bertz CT molecular complexity index is 563. The minimum atomic E-state index is -0.609. The van der Waals surface area contributed by atoms with Crippen LogP contribution in [-0.2, 0) is 4.79 Å². The molecule has 1 amide bonds. The molecule has 0 saturated carbocycles. The Morgan fingerprint density at radius 1 is 1.47 bits per heavy atom. The summed E-state index contributed by atoms with van der Waals surface area (Å²) in [7, 11) is 0. The predicted molar refractivity (Wildman–Crippen MR) is 71.1 cm³/mol. The van der Waals surface area contributed by atoms with Crippen LogP contribution < -0.4 is 11.1 Å². The molecule has 19 heavy (non-hydrogen) atoms. The molecule has 0 fully saturated rings. The molecule has 2 aromatic rings. The van der Waals surface area contributed by atoms with Gasteiger partial charge in [-0.25, -0.2) is 0 Å². The second kappa shape index (κ2) is 5.15. The van der Waals surface area contributed by atoms with E-state index in [1.54, 1.807) is 26.0 Å². The molecule has 0 aliphatic carbocycles. The number of amides is 1. The minimum absolute atomic E-state index is 0.125. The lowest BCUT2D eigenvalue weighted by atomic mass is 9.92. The highest BCUT2D eigenvalue weighted by atomic mass is 16.2. The van der Waals surface area contributed by atoms with E-state index in [1.807, 2.05) is 12.1 Å². The van der Waals surface area contributed by atoms with Crippen LogP contribution in [0, 0.1) is 5.41 Å². The molecule has 0 radical (unpaired) electrons. The summed E-state index contributed by atoms with van der Waals surface area (Å²) < 4.78 is 0. The lowest BCUT2D eigenvalue weighted by molar-refractivity contribution is -0.123. The van der Waals surface area contributed by atoms with E-state index in [-0.39, 0.29) is 12.5 Å². The topological polar surface area (TPSA) is 110 Å². The molecule has 2 rings (SSSR count). The Labute approximate surface area is 110 Å². The van der Waals surface area contributed by atoms with E-state index in [2.05, 4.69) is 25.9 Å². The second-order valence-corrected chi connectivity index (χ2v) is 4.86. The Morgan fingerprint density at radius 2 is 2.26 bits per heavy atom. The van der Waals surface area contributed by atoms with Crippen LogP contribution in [0.5, 0.6) is 0 Å². The zero-order valence-electron chi connectivity index (χ0n) is 10.8. The van der Waals surface area contributed by atoms with Gasteiger partial charge in [-0.1, -0.05) is 12.1 Å². The average molecular weight is 260 g/mol. The summed E-state index contributed by atoms with van der Waals surface area (Å²) in [5.41, 5.74) is 6.42. The van der Waals surface area contributed by atoms with Gasteiger partial charge >= 0.3 is 0 Å². The summed E-state index contributed by atoms with van der Waals surface area (Å²) in [5.74, 6) is 0.356. The van der Waals surface area contributed by atoms with Gasteiger partial charge in [-0.05, 0) is 31.2 Å². The first-order valence-corrected chi connectivity index (χ1v) is 5.88. The maximum atomic E-state index is 12.0. The molecule has 7 heteroatoms. The fourth-order valence-corrected chi connectivity index (χ4v) is 1.41. The number of anilines is 1. The van der Waals surface area contributed by atoms with Crippen molar-refractivity contribution in [1.82, 2.24) is 20.6 Å². The summed E-state index contributed by atoms with van der Waals surface area (Å²) in [6, 6.07) is 7.24. The third kappa shape index (κ3) is 2.94. The minimum Gasteiger partial charge on any atom is -0.329 e. The number of nitrogens with zero attached hydrogens (tertiary/aromatic N) is 3. The highest BCUT2D eigenvalue weighted by molar-refractivity contribution is 5.95. The summed E-state index contributed by atoms with van der Waals surface area (Å²) >= 11 is 0. The number of hydrogen-bond acceptors (Lipinski definition) is 5. The highest BCUT2D eigenvalue weighted by Gasteiger charge is 2.25. The molecule has 0 spiro atoms. The first-order chi connectivity index (χ1) is 9.03. The molecular weight excluding hydrogens is 244 g/mol. The van der Waals surface area contributed by atoms with Crippen LogP contribution in [0.25, 0.3) is 11.4 Å². The number of benzene rings is 1. The lowest BCUT2D eigenvalue weighted by Gasteiger charge is -2.21. The van der Waals surface area contributed by atoms with Crippen molar-refractivity contribution in [3.63, 3.8) is 0 Å². The maximum Gasteiger partial charge on any atom is 0.231 e. The maximum absolute atomic E-state index is 12.0. The molecule has 1 aromatic heterocycles. The molecule has 1 heterocycles. The van der Waals surface area contributed by atoms with Gasteiger partial charge in [0.1, 0.15) is 0 Å². The predicted octanol–water partition coefficient (Wildman–Crippen LogP) is 0.790. The Kier molecular flexibility index (Phi) is 3.57. The summed E-state index contributed by atoms with van der Waals surface area (Å²) in [6.07, 6.45) is 0. The molecule has 0 saturated heterocycles. The van der Waals surface area contributed by atoms with Gasteiger partial charge in [0.2, 0.25) is 11.7 Å².